The standard InChI is InChI=1S/C16H16O4S/c1-12-3-7-14(8-4-12)16(17)11-20-21(18,19)15-9-5-13(2)6-10-15/h3-10H,11H2,1-2H3. The Hall–Kier alpha value is -1.98. The lowest BCUT2D eigenvalue weighted by Gasteiger charge is -2.06. The number of benzene rings is 2. The van der Waals surface area contributed by atoms with E-state index < -0.39 is 16.7 Å². The van der Waals surface area contributed by atoms with Gasteiger partial charge in [0.1, 0.15) is 6.61 Å². The van der Waals surface area contributed by atoms with Crippen molar-refractivity contribution < 1.29 is 17.4 Å². The Labute approximate surface area is 124 Å². The number of aryl methyl sites for hydroxylation is 2. The number of carbonyl (C=O) groups excluding carboxylic acids is 1. The van der Waals surface area contributed by atoms with Crippen LogP contribution in [0.4, 0.5) is 0 Å². The number of ketones is 1. The number of carbonyl (C=O) groups is 1. The van der Waals surface area contributed by atoms with Gasteiger partial charge >= 0.3 is 0 Å². The largest absolute Gasteiger partial charge is 0.297 e. The van der Waals surface area contributed by atoms with Crippen molar-refractivity contribution in [1.82, 2.24) is 0 Å². The lowest BCUT2D eigenvalue weighted by Crippen LogP contribution is -2.14. The van der Waals surface area contributed by atoms with Crippen LogP contribution in [0.1, 0.15) is 21.5 Å². The van der Waals surface area contributed by atoms with Crippen molar-refractivity contribution in [2.24, 2.45) is 0 Å². The summed E-state index contributed by atoms with van der Waals surface area (Å²) >= 11 is 0. The lowest BCUT2D eigenvalue weighted by molar-refractivity contribution is 0.0924. The molecule has 21 heavy (non-hydrogen) atoms. The molecule has 0 aromatic heterocycles. The summed E-state index contributed by atoms with van der Waals surface area (Å²) < 4.78 is 28.7. The van der Waals surface area contributed by atoms with Crippen LogP contribution in [-0.2, 0) is 14.3 Å². The molecule has 0 amide bonds. The molecule has 0 fully saturated rings. The number of hydrogen-bond donors (Lipinski definition) is 0. The van der Waals surface area contributed by atoms with Crippen molar-refractivity contribution in [3.63, 3.8) is 0 Å². The molecule has 2 aromatic carbocycles. The molecule has 0 radical (unpaired) electrons. The van der Waals surface area contributed by atoms with Gasteiger partial charge in [-0.15, -0.1) is 0 Å². The van der Waals surface area contributed by atoms with Gasteiger partial charge in [0.15, 0.2) is 5.78 Å². The highest BCUT2D eigenvalue weighted by molar-refractivity contribution is 7.86. The van der Waals surface area contributed by atoms with E-state index in [-0.39, 0.29) is 10.7 Å². The first-order valence-corrected chi connectivity index (χ1v) is 7.85. The fourth-order valence-corrected chi connectivity index (χ4v) is 2.59. The molecule has 2 rings (SSSR count). The normalized spacial score (nSPS) is 11.3. The van der Waals surface area contributed by atoms with E-state index in [0.29, 0.717) is 5.56 Å². The van der Waals surface area contributed by atoms with Gasteiger partial charge in [-0.3, -0.25) is 8.98 Å². The molecule has 0 heterocycles. The molecule has 0 aliphatic carbocycles. The van der Waals surface area contributed by atoms with Crippen molar-refractivity contribution in [2.75, 3.05) is 6.61 Å². The van der Waals surface area contributed by atoms with E-state index >= 15 is 0 Å². The van der Waals surface area contributed by atoms with Gasteiger partial charge in [-0.2, -0.15) is 8.42 Å². The molecule has 110 valence electrons. The van der Waals surface area contributed by atoms with Crippen LogP contribution < -0.4 is 0 Å². The van der Waals surface area contributed by atoms with Crippen molar-refractivity contribution in [3.05, 3.63) is 65.2 Å². The second kappa shape index (κ2) is 6.20. The molecular formula is C16H16O4S. The van der Waals surface area contributed by atoms with Crippen molar-refractivity contribution in [2.45, 2.75) is 18.7 Å². The molecule has 2 aromatic rings. The van der Waals surface area contributed by atoms with Gasteiger partial charge in [-0.05, 0) is 26.0 Å². The van der Waals surface area contributed by atoms with Gasteiger partial charge in [0.2, 0.25) is 0 Å². The minimum atomic E-state index is -3.91. The maximum Gasteiger partial charge on any atom is 0.297 e. The lowest BCUT2D eigenvalue weighted by atomic mass is 10.1. The molecule has 0 saturated carbocycles. The average Bonchev–Trinajstić information content (AvgIpc) is 2.46. The molecule has 5 heteroatoms. The summed E-state index contributed by atoms with van der Waals surface area (Å²) in [5.41, 5.74) is 2.41. The van der Waals surface area contributed by atoms with Crippen LogP contribution in [-0.4, -0.2) is 20.8 Å². The highest BCUT2D eigenvalue weighted by Crippen LogP contribution is 2.14. The zero-order chi connectivity index (χ0) is 15.5. The predicted octanol–water partition coefficient (Wildman–Crippen LogP) is 2.89. The van der Waals surface area contributed by atoms with Gasteiger partial charge in [0.25, 0.3) is 10.1 Å². The molecule has 0 unspecified atom stereocenters. The quantitative estimate of drug-likeness (QED) is 0.629. The van der Waals surface area contributed by atoms with Gasteiger partial charge in [0, 0.05) is 5.56 Å². The number of hydrogen-bond acceptors (Lipinski definition) is 4. The molecule has 0 spiro atoms. The fourth-order valence-electron chi connectivity index (χ4n) is 1.73. The Bertz CT molecular complexity index is 729. The second-order valence-electron chi connectivity index (χ2n) is 4.82. The monoisotopic (exact) mass is 304 g/mol. The van der Waals surface area contributed by atoms with E-state index in [9.17, 15) is 13.2 Å². The predicted molar refractivity (Wildman–Crippen MR) is 79.8 cm³/mol. The third kappa shape index (κ3) is 4.00. The van der Waals surface area contributed by atoms with Crippen LogP contribution in [0, 0.1) is 13.8 Å². The van der Waals surface area contributed by atoms with Gasteiger partial charge in [-0.1, -0.05) is 47.5 Å². The van der Waals surface area contributed by atoms with Crippen LogP contribution in [0.3, 0.4) is 0 Å². The van der Waals surface area contributed by atoms with Crippen molar-refractivity contribution >= 4 is 15.9 Å². The molecule has 0 saturated heterocycles. The minimum absolute atomic E-state index is 0.0461. The maximum absolute atomic E-state index is 12.0. The molecule has 0 N–H and O–H groups in total. The van der Waals surface area contributed by atoms with Crippen LogP contribution in [0.15, 0.2) is 53.4 Å². The summed E-state index contributed by atoms with van der Waals surface area (Å²) in [6.07, 6.45) is 0. The van der Waals surface area contributed by atoms with Crippen molar-refractivity contribution in [1.29, 1.82) is 0 Å². The summed E-state index contributed by atoms with van der Waals surface area (Å²) in [5, 5.41) is 0. The number of Topliss-reactive ketones (excluding diaryl/α,β-unsaturated/α-hetero) is 1. The topological polar surface area (TPSA) is 60.4 Å². The zero-order valence-electron chi connectivity index (χ0n) is 11.9. The Morgan fingerprint density at radius 2 is 1.38 bits per heavy atom. The molecule has 0 aliphatic heterocycles. The van der Waals surface area contributed by atoms with Crippen LogP contribution in [0.25, 0.3) is 0 Å². The molecule has 0 bridgehead atoms. The smallest absolute Gasteiger partial charge is 0.291 e. The second-order valence-corrected chi connectivity index (χ2v) is 6.43. The fraction of sp³-hybridized carbons (Fsp3) is 0.188. The first-order chi connectivity index (χ1) is 9.88. The van der Waals surface area contributed by atoms with E-state index in [2.05, 4.69) is 0 Å². The van der Waals surface area contributed by atoms with E-state index in [4.69, 9.17) is 4.18 Å². The third-order valence-corrected chi connectivity index (χ3v) is 4.31. The summed E-state index contributed by atoms with van der Waals surface area (Å²) in [6.45, 7) is 3.27. The van der Waals surface area contributed by atoms with E-state index in [1.54, 1.807) is 36.4 Å². The van der Waals surface area contributed by atoms with Crippen LogP contribution in [0.5, 0.6) is 0 Å². The first kappa shape index (κ1) is 15.4. The maximum atomic E-state index is 12.0. The first-order valence-electron chi connectivity index (χ1n) is 6.44. The zero-order valence-corrected chi connectivity index (χ0v) is 12.7. The summed E-state index contributed by atoms with van der Waals surface area (Å²) in [6, 6.07) is 13.2. The molecule has 0 aliphatic rings. The Balaban J connectivity index is 2.06. The van der Waals surface area contributed by atoms with E-state index in [1.807, 2.05) is 13.8 Å². The third-order valence-electron chi connectivity index (χ3n) is 3.03. The summed E-state index contributed by atoms with van der Waals surface area (Å²) in [4.78, 5) is 11.9. The van der Waals surface area contributed by atoms with Gasteiger partial charge < -0.3 is 0 Å². The Kier molecular flexibility index (Phi) is 4.55. The van der Waals surface area contributed by atoms with E-state index in [0.717, 1.165) is 11.1 Å². The summed E-state index contributed by atoms with van der Waals surface area (Å²) in [7, 11) is -3.91. The highest BCUT2D eigenvalue weighted by Gasteiger charge is 2.17. The highest BCUT2D eigenvalue weighted by atomic mass is 32.2. The Morgan fingerprint density at radius 1 is 0.905 bits per heavy atom. The molecular weight excluding hydrogens is 288 g/mol. The average molecular weight is 304 g/mol. The molecule has 4 nitrogen and oxygen atoms in total. The van der Waals surface area contributed by atoms with Crippen LogP contribution >= 0.6 is 0 Å². The van der Waals surface area contributed by atoms with E-state index in [1.165, 1.54) is 12.1 Å². The van der Waals surface area contributed by atoms with Gasteiger partial charge in [-0.25, -0.2) is 0 Å². The number of rotatable bonds is 5. The molecule has 0 atom stereocenters. The summed E-state index contributed by atoms with van der Waals surface area (Å²) in [5.74, 6) is -0.370. The van der Waals surface area contributed by atoms with Crippen molar-refractivity contribution in [3.8, 4) is 0 Å². The minimum Gasteiger partial charge on any atom is -0.291 e. The Morgan fingerprint density at radius 3 is 1.90 bits per heavy atom. The van der Waals surface area contributed by atoms with Gasteiger partial charge in [0.05, 0.1) is 4.90 Å². The van der Waals surface area contributed by atoms with Crippen LogP contribution in [0.2, 0.25) is 0 Å². The SMILES string of the molecule is Cc1ccc(C(=O)COS(=O)(=O)c2ccc(C)cc2)cc1.